The molecule has 4 nitrogen and oxygen atoms in total. The maximum absolute atomic E-state index is 5.98. The van der Waals surface area contributed by atoms with Gasteiger partial charge in [-0.2, -0.15) is 0 Å². The molecule has 0 radical (unpaired) electrons. The van der Waals surface area contributed by atoms with Gasteiger partial charge in [-0.3, -0.25) is 0 Å². The SMILES string of the molecule is CCC(N)c1ccc(OCc2cccc(OC)n2)cc1. The van der Waals surface area contributed by atoms with E-state index in [0.717, 1.165) is 23.4 Å². The number of benzene rings is 1. The zero-order valence-electron chi connectivity index (χ0n) is 11.9. The topological polar surface area (TPSA) is 57.4 Å². The second-order valence-electron chi connectivity index (χ2n) is 4.54. The largest absolute Gasteiger partial charge is 0.487 e. The van der Waals surface area contributed by atoms with Gasteiger partial charge in [0, 0.05) is 12.1 Å². The Morgan fingerprint density at radius 3 is 2.55 bits per heavy atom. The average Bonchev–Trinajstić information content (AvgIpc) is 2.53. The van der Waals surface area contributed by atoms with E-state index in [2.05, 4.69) is 11.9 Å². The van der Waals surface area contributed by atoms with E-state index in [-0.39, 0.29) is 6.04 Å². The minimum Gasteiger partial charge on any atom is -0.487 e. The summed E-state index contributed by atoms with van der Waals surface area (Å²) in [6.45, 7) is 2.49. The molecule has 0 bridgehead atoms. The van der Waals surface area contributed by atoms with Crippen molar-refractivity contribution in [3.63, 3.8) is 0 Å². The van der Waals surface area contributed by atoms with Crippen LogP contribution in [0.15, 0.2) is 42.5 Å². The van der Waals surface area contributed by atoms with E-state index >= 15 is 0 Å². The first-order valence-electron chi connectivity index (χ1n) is 6.71. The number of ether oxygens (including phenoxy) is 2. The number of nitrogens with zero attached hydrogens (tertiary/aromatic N) is 1. The third-order valence-electron chi connectivity index (χ3n) is 3.13. The Morgan fingerprint density at radius 2 is 1.90 bits per heavy atom. The molecule has 2 aromatic rings. The lowest BCUT2D eigenvalue weighted by Crippen LogP contribution is -2.08. The summed E-state index contributed by atoms with van der Waals surface area (Å²) < 4.78 is 10.8. The van der Waals surface area contributed by atoms with Gasteiger partial charge in [-0.15, -0.1) is 0 Å². The number of rotatable bonds is 6. The van der Waals surface area contributed by atoms with Crippen LogP contribution in [0.3, 0.4) is 0 Å². The molecule has 0 saturated heterocycles. The van der Waals surface area contributed by atoms with Crippen LogP contribution in [-0.4, -0.2) is 12.1 Å². The smallest absolute Gasteiger partial charge is 0.213 e. The minimum absolute atomic E-state index is 0.0871. The first-order valence-corrected chi connectivity index (χ1v) is 6.71. The molecule has 1 aromatic heterocycles. The van der Waals surface area contributed by atoms with Crippen molar-refractivity contribution in [1.82, 2.24) is 4.98 Å². The molecule has 1 unspecified atom stereocenters. The van der Waals surface area contributed by atoms with Gasteiger partial charge in [-0.05, 0) is 30.2 Å². The Labute approximate surface area is 119 Å². The van der Waals surface area contributed by atoms with E-state index in [4.69, 9.17) is 15.2 Å². The van der Waals surface area contributed by atoms with Gasteiger partial charge in [0.25, 0.3) is 0 Å². The molecule has 1 aromatic carbocycles. The molecule has 4 heteroatoms. The highest BCUT2D eigenvalue weighted by Crippen LogP contribution is 2.19. The molecular formula is C16H20N2O2. The van der Waals surface area contributed by atoms with Gasteiger partial charge in [0.05, 0.1) is 12.8 Å². The first-order chi connectivity index (χ1) is 9.72. The van der Waals surface area contributed by atoms with E-state index in [1.165, 1.54) is 0 Å². The van der Waals surface area contributed by atoms with Gasteiger partial charge in [0.2, 0.25) is 5.88 Å². The van der Waals surface area contributed by atoms with Crippen molar-refractivity contribution < 1.29 is 9.47 Å². The van der Waals surface area contributed by atoms with Gasteiger partial charge in [0.15, 0.2) is 0 Å². The lowest BCUT2D eigenvalue weighted by molar-refractivity contribution is 0.298. The van der Waals surface area contributed by atoms with Crippen LogP contribution in [0.1, 0.15) is 30.6 Å². The summed E-state index contributed by atoms with van der Waals surface area (Å²) in [7, 11) is 1.60. The first kappa shape index (κ1) is 14.3. The second-order valence-corrected chi connectivity index (χ2v) is 4.54. The Balaban J connectivity index is 1.96. The summed E-state index contributed by atoms with van der Waals surface area (Å²) in [4.78, 5) is 4.30. The van der Waals surface area contributed by atoms with Crippen molar-refractivity contribution in [3.8, 4) is 11.6 Å². The van der Waals surface area contributed by atoms with Crippen LogP contribution in [0, 0.1) is 0 Å². The van der Waals surface area contributed by atoms with Crippen LogP contribution in [0.2, 0.25) is 0 Å². The standard InChI is InChI=1S/C16H20N2O2/c1-3-15(17)12-7-9-14(10-8-12)20-11-13-5-4-6-16(18-13)19-2/h4-10,15H,3,11,17H2,1-2H3. The van der Waals surface area contributed by atoms with E-state index in [0.29, 0.717) is 12.5 Å². The average molecular weight is 272 g/mol. The molecule has 0 aliphatic heterocycles. The maximum atomic E-state index is 5.98. The predicted octanol–water partition coefficient (Wildman–Crippen LogP) is 3.08. The van der Waals surface area contributed by atoms with Crippen LogP contribution < -0.4 is 15.2 Å². The summed E-state index contributed by atoms with van der Waals surface area (Å²) in [5, 5.41) is 0. The van der Waals surface area contributed by atoms with Crippen molar-refractivity contribution in [2.75, 3.05) is 7.11 Å². The third kappa shape index (κ3) is 3.71. The Hall–Kier alpha value is -2.07. The van der Waals surface area contributed by atoms with E-state index in [1.54, 1.807) is 7.11 Å². The summed E-state index contributed by atoms with van der Waals surface area (Å²) in [5.41, 5.74) is 7.93. The molecule has 0 aliphatic carbocycles. The highest BCUT2D eigenvalue weighted by atomic mass is 16.5. The number of nitrogens with two attached hydrogens (primary N) is 1. The van der Waals surface area contributed by atoms with Crippen molar-refractivity contribution in [2.24, 2.45) is 5.73 Å². The lowest BCUT2D eigenvalue weighted by atomic mass is 10.1. The van der Waals surface area contributed by atoms with E-state index in [1.807, 2.05) is 42.5 Å². The van der Waals surface area contributed by atoms with Gasteiger partial charge in [-0.1, -0.05) is 25.1 Å². The molecule has 20 heavy (non-hydrogen) atoms. The maximum Gasteiger partial charge on any atom is 0.213 e. The second kappa shape index (κ2) is 6.91. The van der Waals surface area contributed by atoms with Gasteiger partial charge < -0.3 is 15.2 Å². The molecule has 106 valence electrons. The summed E-state index contributed by atoms with van der Waals surface area (Å²) in [5.74, 6) is 1.40. The fraction of sp³-hybridized carbons (Fsp3) is 0.312. The van der Waals surface area contributed by atoms with Crippen LogP contribution in [0.25, 0.3) is 0 Å². The van der Waals surface area contributed by atoms with Gasteiger partial charge in [0.1, 0.15) is 12.4 Å². The number of aromatic nitrogens is 1. The molecule has 0 saturated carbocycles. The fourth-order valence-electron chi connectivity index (χ4n) is 1.86. The zero-order valence-corrected chi connectivity index (χ0v) is 11.9. The molecular weight excluding hydrogens is 252 g/mol. The molecule has 0 spiro atoms. The van der Waals surface area contributed by atoms with Crippen LogP contribution in [0.4, 0.5) is 0 Å². The van der Waals surface area contributed by atoms with Crippen molar-refractivity contribution in [2.45, 2.75) is 26.0 Å². The monoisotopic (exact) mass is 272 g/mol. The van der Waals surface area contributed by atoms with Crippen LogP contribution in [0.5, 0.6) is 11.6 Å². The molecule has 1 heterocycles. The summed E-state index contributed by atoms with van der Waals surface area (Å²) >= 11 is 0. The molecule has 0 amide bonds. The third-order valence-corrected chi connectivity index (χ3v) is 3.13. The summed E-state index contributed by atoms with van der Waals surface area (Å²) in [6.07, 6.45) is 0.925. The Bertz CT molecular complexity index is 540. The quantitative estimate of drug-likeness (QED) is 0.878. The van der Waals surface area contributed by atoms with Crippen molar-refractivity contribution >= 4 is 0 Å². The minimum atomic E-state index is 0.0871. The van der Waals surface area contributed by atoms with Crippen molar-refractivity contribution in [3.05, 3.63) is 53.7 Å². The zero-order chi connectivity index (χ0) is 14.4. The number of hydrogen-bond donors (Lipinski definition) is 1. The molecule has 0 fully saturated rings. The highest BCUT2D eigenvalue weighted by Gasteiger charge is 2.04. The Kier molecular flexibility index (Phi) is 4.96. The summed E-state index contributed by atoms with van der Waals surface area (Å²) in [6, 6.07) is 13.6. The normalized spacial score (nSPS) is 11.9. The number of hydrogen-bond acceptors (Lipinski definition) is 4. The highest BCUT2D eigenvalue weighted by molar-refractivity contribution is 5.29. The lowest BCUT2D eigenvalue weighted by Gasteiger charge is -2.11. The van der Waals surface area contributed by atoms with Gasteiger partial charge in [-0.25, -0.2) is 4.98 Å². The fourth-order valence-corrected chi connectivity index (χ4v) is 1.86. The van der Waals surface area contributed by atoms with Crippen molar-refractivity contribution in [1.29, 1.82) is 0 Å². The Morgan fingerprint density at radius 1 is 1.15 bits per heavy atom. The molecule has 1 atom stereocenters. The van der Waals surface area contributed by atoms with Gasteiger partial charge >= 0.3 is 0 Å². The van der Waals surface area contributed by atoms with Crippen LogP contribution in [-0.2, 0) is 6.61 Å². The number of methoxy groups -OCH3 is 1. The molecule has 0 aliphatic rings. The number of pyridine rings is 1. The van der Waals surface area contributed by atoms with E-state index < -0.39 is 0 Å². The molecule has 2 N–H and O–H groups in total. The van der Waals surface area contributed by atoms with E-state index in [9.17, 15) is 0 Å². The predicted molar refractivity (Wildman–Crippen MR) is 78.8 cm³/mol. The molecule has 2 rings (SSSR count). The van der Waals surface area contributed by atoms with Crippen LogP contribution >= 0.6 is 0 Å².